The molecule has 7 amide bonds. The molecule has 3 aliphatic rings. The number of amides is 7. The van der Waals surface area contributed by atoms with Gasteiger partial charge >= 0.3 is 59.7 Å². The van der Waals surface area contributed by atoms with Crippen molar-refractivity contribution in [3.63, 3.8) is 0 Å². The fourth-order valence-electron chi connectivity index (χ4n) is 7.22. The van der Waals surface area contributed by atoms with Crippen LogP contribution in [-0.2, 0) is 62.0 Å². The average molecular weight is 1370 g/mol. The summed E-state index contributed by atoms with van der Waals surface area (Å²) in [7, 11) is 0. The first-order valence-electron chi connectivity index (χ1n) is 26.7. The maximum atomic E-state index is 11.8. The first kappa shape index (κ1) is 78.1. The van der Waals surface area contributed by atoms with Crippen molar-refractivity contribution in [2.45, 2.75) is 153 Å². The van der Waals surface area contributed by atoms with E-state index in [0.29, 0.717) is 61.1 Å². The third-order valence-corrected chi connectivity index (χ3v) is 16.0. The van der Waals surface area contributed by atoms with Gasteiger partial charge in [0.25, 0.3) is 0 Å². The number of rotatable bonds is 32. The molecule has 0 spiro atoms. The summed E-state index contributed by atoms with van der Waals surface area (Å²) in [5.74, 6) is -0.0201. The van der Waals surface area contributed by atoms with Crippen LogP contribution in [0, 0.1) is 0 Å². The molecule has 0 saturated carbocycles. The summed E-state index contributed by atoms with van der Waals surface area (Å²) in [6, 6.07) is -1.94. The Kier molecular flexibility index (Phi) is 44.7. The number of nitrogens with one attached hydrogen (secondary N) is 6. The monoisotopic (exact) mass is 1370 g/mol. The number of unbranched alkanes of at least 4 members (excludes halogenated alkanes) is 4. The van der Waals surface area contributed by atoms with Gasteiger partial charge in [0.05, 0.1) is 52.9 Å². The van der Waals surface area contributed by atoms with Crippen LogP contribution in [0.3, 0.4) is 0 Å². The SMILES string of the molecule is C=C(C)C(=O)NCCCCCC(=O)N1CCSC1=S.C=C(C)C(=O)NCCCCCC(=O)NCCOCCOC1OC(CO)C(O)C(O)C1NC(C)=O.CC(=O)NC1C(OCCOCCN)OC(CO)C(O)C1O.CC(=O)[NH][Ga]([CH3])[I]. The number of aliphatic hydroxyl groups is 6. The van der Waals surface area contributed by atoms with Crippen molar-refractivity contribution in [1.82, 2.24) is 35.5 Å². The molecule has 0 aromatic heterocycles. The Morgan fingerprint density at radius 2 is 1.12 bits per heavy atom. The van der Waals surface area contributed by atoms with Gasteiger partial charge in [-0.3, -0.25) is 33.7 Å². The van der Waals surface area contributed by atoms with Gasteiger partial charge in [-0.05, 0) is 39.5 Å². The maximum absolute atomic E-state index is 11.8. The molecule has 0 bridgehead atoms. The Hall–Kier alpha value is -2.94. The zero-order chi connectivity index (χ0) is 61.5. The number of hydrogen-bond acceptors (Lipinski definition) is 22. The molecule has 3 fully saturated rings. The molecule has 3 saturated heterocycles. The molecule has 81 heavy (non-hydrogen) atoms. The topological polar surface area (TPSA) is 398 Å². The normalized spacial score (nSPS) is 22.8. The van der Waals surface area contributed by atoms with Crippen LogP contribution in [0.5, 0.6) is 0 Å². The molecular weight excluding hydrogens is 1280 g/mol. The van der Waals surface area contributed by atoms with E-state index in [1.807, 2.05) is 0 Å². The molecule has 466 valence electrons. The van der Waals surface area contributed by atoms with E-state index < -0.39 is 99.2 Å². The number of carbonyl (C=O) groups is 7. The van der Waals surface area contributed by atoms with E-state index >= 15 is 0 Å². The van der Waals surface area contributed by atoms with Crippen molar-refractivity contribution in [2.24, 2.45) is 5.73 Å². The number of aliphatic hydroxyl groups excluding tert-OH is 6. The fraction of sp³-hybridized carbons (Fsp3) is 0.760. The van der Waals surface area contributed by atoms with E-state index in [1.165, 1.54) is 13.8 Å². The number of thiocarbonyl (C=S) groups is 1. The molecule has 27 nitrogen and oxygen atoms in total. The second-order valence-corrected chi connectivity index (χ2v) is 33.3. The van der Waals surface area contributed by atoms with Gasteiger partial charge in [0.2, 0.25) is 35.4 Å². The molecular formula is C50H90GaIN8O19S2. The van der Waals surface area contributed by atoms with Crippen LogP contribution in [0.4, 0.5) is 0 Å². The van der Waals surface area contributed by atoms with Crippen molar-refractivity contribution < 1.29 is 92.6 Å². The summed E-state index contributed by atoms with van der Waals surface area (Å²) in [5.41, 5.74) is 8.37. The average Bonchev–Trinajstić information content (AvgIpc) is 3.88. The van der Waals surface area contributed by atoms with Gasteiger partial charge < -0.3 is 91.4 Å². The summed E-state index contributed by atoms with van der Waals surface area (Å²) in [5, 5.41) is 71.6. The van der Waals surface area contributed by atoms with Crippen LogP contribution in [-0.4, -0.2) is 247 Å². The number of hydrogen-bond donors (Lipinski definition) is 13. The van der Waals surface area contributed by atoms with Crippen LogP contribution >= 0.6 is 43.7 Å². The molecule has 3 heterocycles. The van der Waals surface area contributed by atoms with E-state index in [4.69, 9.17) is 51.5 Å². The van der Waals surface area contributed by atoms with Crippen LogP contribution in [0.15, 0.2) is 24.3 Å². The number of nitrogens with zero attached hydrogens (tertiary/aromatic N) is 1. The molecule has 0 aromatic carbocycles. The van der Waals surface area contributed by atoms with E-state index in [2.05, 4.69) is 68.9 Å². The Labute approximate surface area is 501 Å². The molecule has 0 aromatic rings. The Morgan fingerprint density at radius 3 is 1.49 bits per heavy atom. The minimum atomic E-state index is -1.37. The van der Waals surface area contributed by atoms with Crippen LogP contribution in [0.25, 0.3) is 0 Å². The quantitative estimate of drug-likeness (QED) is 0.0114. The predicted octanol–water partition coefficient (Wildman–Crippen LogP) is -1.97. The summed E-state index contributed by atoms with van der Waals surface area (Å²) in [6.07, 6.45) is -3.57. The fourth-order valence-corrected chi connectivity index (χ4v) is 11.9. The summed E-state index contributed by atoms with van der Waals surface area (Å²) >= 11 is 7.74. The van der Waals surface area contributed by atoms with E-state index in [9.17, 15) is 59.1 Å². The summed E-state index contributed by atoms with van der Waals surface area (Å²) in [4.78, 5) is 80.6. The number of halogens is 1. The summed E-state index contributed by atoms with van der Waals surface area (Å²) in [6.45, 7) is 17.5. The second kappa shape index (κ2) is 46.4. The van der Waals surface area contributed by atoms with Gasteiger partial charge in [-0.25, -0.2) is 0 Å². The van der Waals surface area contributed by atoms with Gasteiger partial charge in [-0.15, -0.1) is 0 Å². The third kappa shape index (κ3) is 35.8. The van der Waals surface area contributed by atoms with Crippen LogP contribution < -0.4 is 36.3 Å². The molecule has 10 unspecified atom stereocenters. The van der Waals surface area contributed by atoms with E-state index in [0.717, 1.165) is 50.8 Å². The Bertz CT molecular complexity index is 1930. The molecule has 3 rings (SSSR count). The summed E-state index contributed by atoms with van der Waals surface area (Å²) < 4.78 is 35.8. The van der Waals surface area contributed by atoms with Gasteiger partial charge in [0, 0.05) is 76.3 Å². The molecule has 14 N–H and O–H groups in total. The van der Waals surface area contributed by atoms with Crippen LogP contribution in [0.1, 0.15) is 86.0 Å². The van der Waals surface area contributed by atoms with E-state index in [1.54, 1.807) is 37.4 Å². The predicted molar refractivity (Wildman–Crippen MR) is 315 cm³/mol. The zero-order valence-electron chi connectivity index (χ0n) is 47.5. The van der Waals surface area contributed by atoms with Crippen molar-refractivity contribution in [1.29, 1.82) is 0 Å². The molecule has 31 heteroatoms. The number of thioether (sulfide) groups is 1. The number of carbonyl (C=O) groups excluding carboxylic acids is 7. The van der Waals surface area contributed by atoms with Crippen molar-refractivity contribution in [3.8, 4) is 0 Å². The third-order valence-electron chi connectivity index (χ3n) is 11.3. The van der Waals surface area contributed by atoms with Gasteiger partial charge in [-0.2, -0.15) is 0 Å². The molecule has 0 aliphatic carbocycles. The molecule has 10 atom stereocenters. The standard InChI is InChI=1S/C22H39N3O9.C13H20N2O2S2.C12H24N2O7.C2H5NO.CH3.Ga.HI/c1-14(2)21(31)24-8-6-4-5-7-17(28)23-9-10-32-11-12-33-22-18(25-15(3)27)20(30)19(29)16(13-26)34-22;1-10(2)12(17)14-7-5-3-4-6-11(16)15-8-9-19-13(15)18;1-7(16)14-9-11(18)10(17)8(6-15)21-12(9)20-5-4-19-3-2-13;1-2(3)4;;;/h16,18-20,22,26,29-30H,1,4-13H2,2-3H3,(H,23,28)(H,24,31)(H,25,27);1,3-9H2,2H3,(H,14,17);8-12,15,17-18H,2-6,13H2,1H3,(H,14,16);1H3,(H2,3,4);1H3;;1H/q;;;;;+2;/p-2. The van der Waals surface area contributed by atoms with Gasteiger partial charge in [0.1, 0.15) is 53.0 Å². The first-order chi connectivity index (χ1) is 38.3. The van der Waals surface area contributed by atoms with Crippen molar-refractivity contribution in [3.05, 3.63) is 24.3 Å². The van der Waals surface area contributed by atoms with Crippen molar-refractivity contribution >= 4 is 102 Å². The Morgan fingerprint density at radius 1 is 0.667 bits per heavy atom. The van der Waals surface area contributed by atoms with Gasteiger partial charge in [-0.1, -0.05) is 50.0 Å². The second-order valence-electron chi connectivity index (χ2n) is 18.6. The number of ether oxygens (including phenoxy) is 6. The first-order valence-corrected chi connectivity index (χ1v) is 39.1. The minimum absolute atomic E-state index is 0.0670. The van der Waals surface area contributed by atoms with Crippen molar-refractivity contribution in [2.75, 3.05) is 91.3 Å². The van der Waals surface area contributed by atoms with Crippen LogP contribution in [0.2, 0.25) is 5.48 Å². The zero-order valence-corrected chi connectivity index (χ0v) is 53.7. The number of nitrogens with two attached hydrogens (primary N) is 1. The van der Waals surface area contributed by atoms with E-state index in [-0.39, 0.29) is 62.6 Å². The van der Waals surface area contributed by atoms with Gasteiger partial charge in [0.15, 0.2) is 12.6 Å². The Balaban J connectivity index is 0.00000117. The molecule has 0 radical (unpaired) electrons. The molecule has 3 aliphatic heterocycles.